The summed E-state index contributed by atoms with van der Waals surface area (Å²) < 4.78 is 5.33. The van der Waals surface area contributed by atoms with E-state index in [0.717, 1.165) is 42.6 Å². The van der Waals surface area contributed by atoms with Gasteiger partial charge in [0, 0.05) is 23.5 Å². The molecule has 0 spiro atoms. The lowest BCUT2D eigenvalue weighted by Crippen LogP contribution is -2.46. The summed E-state index contributed by atoms with van der Waals surface area (Å²) in [5.41, 5.74) is 4.01. The van der Waals surface area contributed by atoms with Crippen LogP contribution in [-0.4, -0.2) is 48.4 Å². The van der Waals surface area contributed by atoms with Crippen molar-refractivity contribution in [3.05, 3.63) is 99.8 Å². The average molecular weight is 503 g/mol. The van der Waals surface area contributed by atoms with Crippen molar-refractivity contribution in [3.63, 3.8) is 0 Å². The second-order valence-electron chi connectivity index (χ2n) is 9.09. The molecule has 188 valence electrons. The Balaban J connectivity index is 1.55. The average Bonchev–Trinajstić information content (AvgIpc) is 3.40. The van der Waals surface area contributed by atoms with Crippen molar-refractivity contribution in [3.8, 4) is 5.75 Å². The molecule has 0 N–H and O–H groups in total. The first-order valence-corrected chi connectivity index (χ1v) is 13.4. The van der Waals surface area contributed by atoms with Gasteiger partial charge >= 0.3 is 0 Å². The Morgan fingerprint density at radius 1 is 1.14 bits per heavy atom. The van der Waals surface area contributed by atoms with Crippen LogP contribution in [-0.2, 0) is 17.6 Å². The van der Waals surface area contributed by atoms with Crippen LogP contribution in [0, 0.1) is 0 Å². The fourth-order valence-corrected chi connectivity index (χ4v) is 5.64. The molecule has 6 heteroatoms. The number of hydrogen-bond acceptors (Lipinski definition) is 4. The fourth-order valence-electron chi connectivity index (χ4n) is 4.74. The zero-order chi connectivity index (χ0) is 25.5. The minimum atomic E-state index is -0.183. The van der Waals surface area contributed by atoms with Crippen molar-refractivity contribution in [1.29, 1.82) is 0 Å². The first kappa shape index (κ1) is 25.7. The third-order valence-electron chi connectivity index (χ3n) is 6.70. The molecular weight excluding hydrogens is 468 g/mol. The maximum absolute atomic E-state index is 13.7. The largest absolute Gasteiger partial charge is 0.497 e. The molecule has 36 heavy (non-hydrogen) atoms. The lowest BCUT2D eigenvalue weighted by molar-refractivity contribution is -0.133. The van der Waals surface area contributed by atoms with Crippen LogP contribution < -0.4 is 4.74 Å². The van der Waals surface area contributed by atoms with Crippen LogP contribution >= 0.6 is 11.3 Å². The number of hydrogen-bond donors (Lipinski definition) is 0. The molecule has 0 radical (unpaired) electrons. The number of aryl methyl sites for hydroxylation is 1. The van der Waals surface area contributed by atoms with Gasteiger partial charge in [-0.25, -0.2) is 0 Å². The van der Waals surface area contributed by atoms with Gasteiger partial charge in [0.05, 0.1) is 13.2 Å². The van der Waals surface area contributed by atoms with Gasteiger partial charge in [0.2, 0.25) is 5.91 Å². The molecule has 0 fully saturated rings. The number of fused-ring (bicyclic) bond motifs is 1. The van der Waals surface area contributed by atoms with Crippen molar-refractivity contribution in [2.75, 3.05) is 26.7 Å². The van der Waals surface area contributed by atoms with E-state index in [9.17, 15) is 9.59 Å². The molecule has 0 saturated carbocycles. The summed E-state index contributed by atoms with van der Waals surface area (Å²) in [7, 11) is 1.65. The molecule has 2 heterocycles. The maximum Gasteiger partial charge on any atom is 0.254 e. The van der Waals surface area contributed by atoms with Gasteiger partial charge in [-0.2, -0.15) is 0 Å². The molecule has 4 rings (SSSR count). The van der Waals surface area contributed by atoms with Crippen LogP contribution in [0.15, 0.2) is 72.6 Å². The van der Waals surface area contributed by atoms with Crippen molar-refractivity contribution in [1.82, 2.24) is 9.80 Å². The van der Waals surface area contributed by atoms with Gasteiger partial charge in [-0.1, -0.05) is 43.7 Å². The van der Waals surface area contributed by atoms with Crippen molar-refractivity contribution < 1.29 is 14.3 Å². The molecule has 1 atom stereocenters. The van der Waals surface area contributed by atoms with Crippen LogP contribution in [0.1, 0.15) is 57.7 Å². The minimum Gasteiger partial charge on any atom is -0.497 e. The van der Waals surface area contributed by atoms with Crippen LogP contribution in [0.3, 0.4) is 0 Å². The highest BCUT2D eigenvalue weighted by Crippen LogP contribution is 2.38. The van der Waals surface area contributed by atoms with E-state index < -0.39 is 0 Å². The number of rotatable bonds is 10. The minimum absolute atomic E-state index is 0.00850. The number of ether oxygens (including phenoxy) is 1. The van der Waals surface area contributed by atoms with Gasteiger partial charge in [0.25, 0.3) is 5.91 Å². The number of amides is 2. The Labute approximate surface area is 218 Å². The third kappa shape index (κ3) is 5.71. The lowest BCUT2D eigenvalue weighted by Gasteiger charge is -2.37. The summed E-state index contributed by atoms with van der Waals surface area (Å²) in [5, 5.41) is 2.09. The van der Waals surface area contributed by atoms with E-state index in [0.29, 0.717) is 18.7 Å². The number of nitrogens with zero attached hydrogens (tertiary/aromatic N) is 2. The Morgan fingerprint density at radius 2 is 1.89 bits per heavy atom. The molecule has 1 aromatic heterocycles. The first-order chi connectivity index (χ1) is 17.5. The van der Waals surface area contributed by atoms with Crippen LogP contribution in [0.25, 0.3) is 0 Å². The molecule has 0 saturated heterocycles. The highest BCUT2D eigenvalue weighted by molar-refractivity contribution is 7.10. The number of benzene rings is 2. The summed E-state index contributed by atoms with van der Waals surface area (Å²) >= 11 is 1.73. The number of carbonyl (C=O) groups excluding carboxylic acids is 2. The maximum atomic E-state index is 13.7. The summed E-state index contributed by atoms with van der Waals surface area (Å²) in [6, 6.07) is 17.6. The van der Waals surface area contributed by atoms with Gasteiger partial charge in [0.1, 0.15) is 12.3 Å². The second-order valence-corrected chi connectivity index (χ2v) is 10.1. The van der Waals surface area contributed by atoms with E-state index in [1.807, 2.05) is 53.4 Å². The van der Waals surface area contributed by atoms with Crippen molar-refractivity contribution in [2.45, 2.75) is 38.6 Å². The van der Waals surface area contributed by atoms with Gasteiger partial charge < -0.3 is 14.5 Å². The summed E-state index contributed by atoms with van der Waals surface area (Å²) in [5.74, 6) is 0.559. The first-order valence-electron chi connectivity index (χ1n) is 12.5. The SMILES string of the molecule is C=CCN(CC(=O)N1CCc2sccc2C1c1ccc(OC)cc1)C(=O)c1ccc(CCCC)cc1. The lowest BCUT2D eigenvalue weighted by atomic mass is 9.93. The van der Waals surface area contributed by atoms with Crippen LogP contribution in [0.2, 0.25) is 0 Å². The smallest absolute Gasteiger partial charge is 0.254 e. The van der Waals surface area contributed by atoms with Gasteiger partial charge in [-0.05, 0) is 71.7 Å². The summed E-state index contributed by atoms with van der Waals surface area (Å²) in [6.07, 6.45) is 5.76. The van der Waals surface area contributed by atoms with E-state index in [1.54, 1.807) is 29.4 Å². The predicted molar refractivity (Wildman–Crippen MR) is 146 cm³/mol. The Bertz CT molecular complexity index is 1180. The van der Waals surface area contributed by atoms with Crippen LogP contribution in [0.5, 0.6) is 5.75 Å². The third-order valence-corrected chi connectivity index (χ3v) is 7.70. The van der Waals surface area contributed by atoms with Gasteiger partial charge in [-0.3, -0.25) is 9.59 Å². The highest BCUT2D eigenvalue weighted by atomic mass is 32.1. The molecular formula is C30H34N2O3S. The highest BCUT2D eigenvalue weighted by Gasteiger charge is 2.34. The number of methoxy groups -OCH3 is 1. The van der Waals surface area contributed by atoms with E-state index in [-0.39, 0.29) is 24.4 Å². The molecule has 5 nitrogen and oxygen atoms in total. The van der Waals surface area contributed by atoms with E-state index in [1.165, 1.54) is 10.4 Å². The number of unbranched alkanes of at least 4 members (excludes halogenated alkanes) is 1. The van der Waals surface area contributed by atoms with Gasteiger partial charge in [-0.15, -0.1) is 17.9 Å². The summed E-state index contributed by atoms with van der Waals surface area (Å²) in [6.45, 7) is 6.92. The standard InChI is InChI=1S/C30H34N2O3S/c1-4-6-7-22-8-10-24(11-9-22)30(34)31(18-5-2)21-28(33)32-19-16-27-26(17-20-36-27)29(32)23-12-14-25(35-3)15-13-23/h5,8-15,17,20,29H,2,4,6-7,16,18-19,21H2,1,3H3. The van der Waals surface area contributed by atoms with Crippen molar-refractivity contribution in [2.24, 2.45) is 0 Å². The molecule has 0 bridgehead atoms. The fraction of sp³-hybridized carbons (Fsp3) is 0.333. The number of carbonyl (C=O) groups is 2. The monoisotopic (exact) mass is 502 g/mol. The molecule has 1 aliphatic rings. The van der Waals surface area contributed by atoms with Crippen molar-refractivity contribution >= 4 is 23.2 Å². The molecule has 1 unspecified atom stereocenters. The second kappa shape index (κ2) is 12.0. The molecule has 2 amide bonds. The zero-order valence-electron chi connectivity index (χ0n) is 21.1. The number of thiophene rings is 1. The zero-order valence-corrected chi connectivity index (χ0v) is 21.9. The van der Waals surface area contributed by atoms with Gasteiger partial charge in [0.15, 0.2) is 0 Å². The summed E-state index contributed by atoms with van der Waals surface area (Å²) in [4.78, 5) is 31.9. The van der Waals surface area contributed by atoms with E-state index in [2.05, 4.69) is 24.9 Å². The molecule has 0 aliphatic carbocycles. The quantitative estimate of drug-likeness (QED) is 0.324. The molecule has 2 aromatic carbocycles. The molecule has 3 aromatic rings. The topological polar surface area (TPSA) is 49.9 Å². The molecule has 1 aliphatic heterocycles. The normalized spacial score (nSPS) is 14.7. The van der Waals surface area contributed by atoms with E-state index >= 15 is 0 Å². The Kier molecular flexibility index (Phi) is 8.60. The predicted octanol–water partition coefficient (Wildman–Crippen LogP) is 5.90. The van der Waals surface area contributed by atoms with Crippen LogP contribution in [0.4, 0.5) is 0 Å². The van der Waals surface area contributed by atoms with E-state index in [4.69, 9.17) is 4.74 Å². The Morgan fingerprint density at radius 3 is 2.56 bits per heavy atom. The Hall–Kier alpha value is -3.38.